The van der Waals surface area contributed by atoms with Gasteiger partial charge in [-0.05, 0) is 30.9 Å². The molecule has 2 rings (SSSR count). The molecule has 2 aromatic heterocycles. The third-order valence-corrected chi connectivity index (χ3v) is 4.28. The Morgan fingerprint density at radius 2 is 2.05 bits per heavy atom. The summed E-state index contributed by atoms with van der Waals surface area (Å²) in [6.45, 7) is 4.24. The van der Waals surface area contributed by atoms with Crippen LogP contribution in [0.15, 0.2) is 22.1 Å². The topological polar surface area (TPSA) is 70.8 Å². The van der Waals surface area contributed by atoms with E-state index in [1.807, 2.05) is 18.4 Å². The zero-order valence-corrected chi connectivity index (χ0v) is 13.0. The fourth-order valence-electron chi connectivity index (χ4n) is 2.10. The molecule has 0 aliphatic heterocycles. The molecule has 0 bridgehead atoms. The Hall–Kier alpha value is -2.08. The molecule has 0 aromatic carbocycles. The van der Waals surface area contributed by atoms with E-state index in [2.05, 4.69) is 0 Å². The van der Waals surface area contributed by atoms with Gasteiger partial charge in [0.15, 0.2) is 0 Å². The van der Waals surface area contributed by atoms with Crippen LogP contribution in [0.5, 0.6) is 0 Å². The molecule has 2 heterocycles. The summed E-state index contributed by atoms with van der Waals surface area (Å²) in [5.41, 5.74) is 2.16. The molecular weight excluding hydrogens is 290 g/mol. The standard InChI is InChI=1S/C15H17NO4S/c1-9-4-5-21-12(9)7-16(3)15(19)14-10(2)8-20-11(14)6-13(17)18/h4-5,8H,6-7H2,1-3H3,(H,17,18). The summed E-state index contributed by atoms with van der Waals surface area (Å²) in [7, 11) is 1.71. The maximum atomic E-state index is 12.5. The second-order valence-electron chi connectivity index (χ2n) is 4.98. The Morgan fingerprint density at radius 3 is 2.62 bits per heavy atom. The minimum atomic E-state index is -1.02. The van der Waals surface area contributed by atoms with Crippen molar-refractivity contribution < 1.29 is 19.1 Å². The monoisotopic (exact) mass is 307 g/mol. The molecule has 0 radical (unpaired) electrons. The third-order valence-electron chi connectivity index (χ3n) is 3.27. The number of nitrogens with zero attached hydrogens (tertiary/aromatic N) is 1. The van der Waals surface area contributed by atoms with Gasteiger partial charge in [-0.2, -0.15) is 0 Å². The summed E-state index contributed by atoms with van der Waals surface area (Å²) < 4.78 is 5.21. The van der Waals surface area contributed by atoms with Crippen molar-refractivity contribution in [2.24, 2.45) is 0 Å². The van der Waals surface area contributed by atoms with Gasteiger partial charge in [0.05, 0.1) is 18.4 Å². The van der Waals surface area contributed by atoms with Crippen LogP contribution < -0.4 is 0 Å². The van der Waals surface area contributed by atoms with Crippen LogP contribution in [-0.4, -0.2) is 28.9 Å². The van der Waals surface area contributed by atoms with E-state index in [4.69, 9.17) is 9.52 Å². The second kappa shape index (κ2) is 6.13. The van der Waals surface area contributed by atoms with Gasteiger partial charge in [0.2, 0.25) is 0 Å². The van der Waals surface area contributed by atoms with Crippen molar-refractivity contribution in [1.29, 1.82) is 0 Å². The number of aliphatic carboxylic acids is 1. The van der Waals surface area contributed by atoms with E-state index < -0.39 is 5.97 Å². The lowest BCUT2D eigenvalue weighted by Crippen LogP contribution is -2.27. The number of amides is 1. The first-order valence-electron chi connectivity index (χ1n) is 6.47. The number of carboxylic acid groups (broad SMARTS) is 1. The van der Waals surface area contributed by atoms with Crippen molar-refractivity contribution in [2.45, 2.75) is 26.8 Å². The maximum absolute atomic E-state index is 12.5. The molecule has 0 saturated carbocycles. The molecule has 0 unspecified atom stereocenters. The Bertz CT molecular complexity index is 671. The smallest absolute Gasteiger partial charge is 0.311 e. The first-order valence-corrected chi connectivity index (χ1v) is 7.35. The lowest BCUT2D eigenvalue weighted by atomic mass is 10.1. The lowest BCUT2D eigenvalue weighted by Gasteiger charge is -2.17. The molecule has 0 saturated heterocycles. The van der Waals surface area contributed by atoms with Crippen molar-refractivity contribution in [3.63, 3.8) is 0 Å². The molecule has 0 atom stereocenters. The number of hydrogen-bond acceptors (Lipinski definition) is 4. The van der Waals surface area contributed by atoms with E-state index in [0.717, 1.165) is 10.4 Å². The molecule has 0 fully saturated rings. The van der Waals surface area contributed by atoms with Gasteiger partial charge in [0.25, 0.3) is 5.91 Å². The Kier molecular flexibility index (Phi) is 4.47. The average Bonchev–Trinajstić information content (AvgIpc) is 2.95. The van der Waals surface area contributed by atoms with Crippen LogP contribution in [-0.2, 0) is 17.8 Å². The summed E-state index contributed by atoms with van der Waals surface area (Å²) >= 11 is 1.60. The van der Waals surface area contributed by atoms with Gasteiger partial charge in [0.1, 0.15) is 12.2 Å². The van der Waals surface area contributed by atoms with Crippen LogP contribution in [0.4, 0.5) is 0 Å². The molecule has 5 nitrogen and oxygen atoms in total. The van der Waals surface area contributed by atoms with Gasteiger partial charge in [-0.15, -0.1) is 11.3 Å². The molecular formula is C15H17NO4S. The quantitative estimate of drug-likeness (QED) is 0.922. The highest BCUT2D eigenvalue weighted by Gasteiger charge is 2.23. The predicted molar refractivity (Wildman–Crippen MR) is 79.6 cm³/mol. The van der Waals surface area contributed by atoms with Gasteiger partial charge >= 0.3 is 5.97 Å². The zero-order valence-electron chi connectivity index (χ0n) is 12.2. The number of carboxylic acids is 1. The molecule has 21 heavy (non-hydrogen) atoms. The number of carbonyl (C=O) groups excluding carboxylic acids is 1. The minimum Gasteiger partial charge on any atom is -0.481 e. The van der Waals surface area contributed by atoms with Crippen LogP contribution in [0.1, 0.15) is 32.1 Å². The van der Waals surface area contributed by atoms with Gasteiger partial charge in [-0.1, -0.05) is 0 Å². The van der Waals surface area contributed by atoms with Gasteiger partial charge < -0.3 is 14.4 Å². The van der Waals surface area contributed by atoms with Crippen LogP contribution >= 0.6 is 11.3 Å². The van der Waals surface area contributed by atoms with E-state index in [-0.39, 0.29) is 18.1 Å². The highest BCUT2D eigenvalue weighted by atomic mass is 32.1. The summed E-state index contributed by atoms with van der Waals surface area (Å²) in [5, 5.41) is 10.9. The van der Waals surface area contributed by atoms with Crippen molar-refractivity contribution in [1.82, 2.24) is 4.90 Å². The lowest BCUT2D eigenvalue weighted by molar-refractivity contribution is -0.136. The highest BCUT2D eigenvalue weighted by molar-refractivity contribution is 7.10. The fraction of sp³-hybridized carbons (Fsp3) is 0.333. The molecule has 6 heteroatoms. The van der Waals surface area contributed by atoms with E-state index in [1.54, 1.807) is 30.2 Å². The number of thiophene rings is 1. The van der Waals surface area contributed by atoms with E-state index in [1.165, 1.54) is 6.26 Å². The van der Waals surface area contributed by atoms with Crippen molar-refractivity contribution >= 4 is 23.2 Å². The Labute approximate surface area is 126 Å². The van der Waals surface area contributed by atoms with Crippen molar-refractivity contribution in [3.8, 4) is 0 Å². The minimum absolute atomic E-state index is 0.208. The average molecular weight is 307 g/mol. The Morgan fingerprint density at radius 1 is 1.33 bits per heavy atom. The van der Waals surface area contributed by atoms with Crippen LogP contribution in [0.25, 0.3) is 0 Å². The number of furan rings is 1. The van der Waals surface area contributed by atoms with Crippen LogP contribution in [0.2, 0.25) is 0 Å². The molecule has 0 spiro atoms. The Balaban J connectivity index is 2.21. The molecule has 112 valence electrons. The normalized spacial score (nSPS) is 10.6. The molecule has 0 aliphatic carbocycles. The molecule has 2 aromatic rings. The van der Waals surface area contributed by atoms with E-state index >= 15 is 0 Å². The summed E-state index contributed by atoms with van der Waals surface area (Å²) in [5.74, 6) is -1.03. The third kappa shape index (κ3) is 3.33. The maximum Gasteiger partial charge on any atom is 0.311 e. The molecule has 0 aliphatic rings. The fourth-order valence-corrected chi connectivity index (χ4v) is 3.06. The number of hydrogen-bond donors (Lipinski definition) is 1. The summed E-state index contributed by atoms with van der Waals surface area (Å²) in [6, 6.07) is 2.01. The van der Waals surface area contributed by atoms with Crippen molar-refractivity contribution in [2.75, 3.05) is 7.05 Å². The van der Waals surface area contributed by atoms with Gasteiger partial charge in [0, 0.05) is 17.5 Å². The molecule has 1 amide bonds. The summed E-state index contributed by atoms with van der Waals surface area (Å²) in [6.07, 6.45) is 1.14. The predicted octanol–water partition coefficient (Wildman–Crippen LogP) is 2.86. The molecule has 1 N–H and O–H groups in total. The van der Waals surface area contributed by atoms with Crippen LogP contribution in [0.3, 0.4) is 0 Å². The SMILES string of the molecule is Cc1ccsc1CN(C)C(=O)c1c(C)coc1CC(=O)O. The van der Waals surface area contributed by atoms with E-state index in [0.29, 0.717) is 17.7 Å². The van der Waals surface area contributed by atoms with Gasteiger partial charge in [-0.3, -0.25) is 9.59 Å². The summed E-state index contributed by atoms with van der Waals surface area (Å²) in [4.78, 5) is 26.1. The number of carbonyl (C=O) groups is 2. The zero-order chi connectivity index (χ0) is 15.6. The largest absolute Gasteiger partial charge is 0.481 e. The van der Waals surface area contributed by atoms with Gasteiger partial charge in [-0.25, -0.2) is 0 Å². The first kappa shape index (κ1) is 15.3. The second-order valence-corrected chi connectivity index (χ2v) is 5.98. The number of rotatable bonds is 5. The number of aryl methyl sites for hydroxylation is 2. The van der Waals surface area contributed by atoms with Crippen LogP contribution in [0, 0.1) is 13.8 Å². The first-order chi connectivity index (χ1) is 9.90. The van der Waals surface area contributed by atoms with Crippen molar-refractivity contribution in [3.05, 3.63) is 45.0 Å². The highest BCUT2D eigenvalue weighted by Crippen LogP contribution is 2.22. The van der Waals surface area contributed by atoms with E-state index in [9.17, 15) is 9.59 Å².